The molecule has 0 aliphatic heterocycles. The van der Waals surface area contributed by atoms with Gasteiger partial charge in [-0.2, -0.15) is 5.26 Å². The molecule has 1 N–H and O–H groups in total. The summed E-state index contributed by atoms with van der Waals surface area (Å²) in [5.41, 5.74) is 0.584. The van der Waals surface area contributed by atoms with Gasteiger partial charge in [0.15, 0.2) is 0 Å². The zero-order valence-electron chi connectivity index (χ0n) is 11.6. The lowest BCUT2D eigenvalue weighted by Gasteiger charge is -2.13. The molecule has 108 valence electrons. The maximum Gasteiger partial charge on any atom is 0.234 e. The van der Waals surface area contributed by atoms with E-state index in [4.69, 9.17) is 14.7 Å². The quantitative estimate of drug-likeness (QED) is 0.746. The Morgan fingerprint density at radius 1 is 1.35 bits per heavy atom. The maximum atomic E-state index is 11.8. The molecular weight excluding hydrogens is 276 g/mol. The minimum Gasteiger partial charge on any atom is -0.494 e. The molecule has 0 saturated carbocycles. The van der Waals surface area contributed by atoms with Crippen LogP contribution in [-0.2, 0) is 4.79 Å². The molecule has 0 saturated heterocycles. The molecule has 0 fully saturated rings. The Kier molecular flexibility index (Phi) is 7.36. The molecule has 6 heteroatoms. The first-order valence-corrected chi connectivity index (χ1v) is 7.50. The Hall–Kier alpha value is -1.87. The fourth-order valence-electron chi connectivity index (χ4n) is 1.52. The summed E-state index contributed by atoms with van der Waals surface area (Å²) in [7, 11) is 0. The third kappa shape index (κ3) is 5.41. The van der Waals surface area contributed by atoms with Gasteiger partial charge in [0.05, 0.1) is 36.5 Å². The first kappa shape index (κ1) is 16.2. The molecule has 1 amide bonds. The number of carbonyl (C=O) groups is 1. The number of hydrogen-bond acceptors (Lipinski definition) is 5. The zero-order valence-corrected chi connectivity index (χ0v) is 12.5. The largest absolute Gasteiger partial charge is 0.494 e. The second-order valence-electron chi connectivity index (χ2n) is 3.72. The number of hydrogen-bond donors (Lipinski definition) is 1. The smallest absolute Gasteiger partial charge is 0.234 e. The van der Waals surface area contributed by atoms with Crippen LogP contribution < -0.4 is 14.8 Å². The number of nitriles is 1. The van der Waals surface area contributed by atoms with Crippen LogP contribution in [0.3, 0.4) is 0 Å². The fraction of sp³-hybridized carbons (Fsp3) is 0.429. The molecule has 0 aromatic heterocycles. The predicted octanol–water partition coefficient (Wildman–Crippen LogP) is 2.68. The van der Waals surface area contributed by atoms with Crippen LogP contribution in [0.5, 0.6) is 11.5 Å². The van der Waals surface area contributed by atoms with Crippen LogP contribution >= 0.6 is 11.8 Å². The van der Waals surface area contributed by atoms with E-state index in [1.807, 2.05) is 19.9 Å². The summed E-state index contributed by atoms with van der Waals surface area (Å²) >= 11 is 1.27. The highest BCUT2D eigenvalue weighted by Gasteiger charge is 2.09. The van der Waals surface area contributed by atoms with Crippen LogP contribution in [0.15, 0.2) is 18.2 Å². The normalized spacial score (nSPS) is 9.65. The number of anilines is 1. The highest BCUT2D eigenvalue weighted by molar-refractivity contribution is 8.00. The van der Waals surface area contributed by atoms with Crippen molar-refractivity contribution >= 4 is 23.4 Å². The summed E-state index contributed by atoms with van der Waals surface area (Å²) in [6.45, 7) is 4.84. The van der Waals surface area contributed by atoms with Gasteiger partial charge in [0.25, 0.3) is 0 Å². The minimum atomic E-state index is -0.167. The number of benzene rings is 1. The van der Waals surface area contributed by atoms with Gasteiger partial charge in [-0.15, -0.1) is 11.8 Å². The zero-order chi connectivity index (χ0) is 14.8. The van der Waals surface area contributed by atoms with Gasteiger partial charge in [-0.1, -0.05) is 0 Å². The van der Waals surface area contributed by atoms with E-state index in [2.05, 4.69) is 5.32 Å². The van der Waals surface area contributed by atoms with E-state index in [0.717, 1.165) is 0 Å². The van der Waals surface area contributed by atoms with Gasteiger partial charge in [-0.25, -0.2) is 0 Å². The molecule has 0 spiro atoms. The summed E-state index contributed by atoms with van der Waals surface area (Å²) in [5.74, 6) is 1.65. The van der Waals surface area contributed by atoms with Crippen LogP contribution in [-0.4, -0.2) is 30.6 Å². The molecule has 20 heavy (non-hydrogen) atoms. The van der Waals surface area contributed by atoms with Crippen LogP contribution in [0.2, 0.25) is 0 Å². The first-order chi connectivity index (χ1) is 9.71. The monoisotopic (exact) mass is 294 g/mol. The number of nitrogens with one attached hydrogen (secondary N) is 1. The van der Waals surface area contributed by atoms with Gasteiger partial charge in [-0.3, -0.25) is 4.79 Å². The van der Waals surface area contributed by atoms with Gasteiger partial charge >= 0.3 is 0 Å². The van der Waals surface area contributed by atoms with E-state index in [1.165, 1.54) is 11.8 Å². The summed E-state index contributed by atoms with van der Waals surface area (Å²) in [5, 5.41) is 11.2. The number of rotatable bonds is 8. The van der Waals surface area contributed by atoms with Gasteiger partial charge < -0.3 is 14.8 Å². The Balaban J connectivity index is 2.75. The minimum absolute atomic E-state index is 0.167. The number of carbonyl (C=O) groups excluding carboxylic acids is 1. The van der Waals surface area contributed by atoms with Crippen molar-refractivity contribution in [2.75, 3.05) is 30.0 Å². The average molecular weight is 294 g/mol. The number of nitrogens with zero attached hydrogens (tertiary/aromatic N) is 1. The maximum absolute atomic E-state index is 11.8. The molecule has 5 nitrogen and oxygen atoms in total. The van der Waals surface area contributed by atoms with E-state index in [9.17, 15) is 4.79 Å². The average Bonchev–Trinajstić information content (AvgIpc) is 2.42. The highest BCUT2D eigenvalue weighted by atomic mass is 32.2. The molecular formula is C14H18N2O3S. The Labute approximate surface area is 123 Å². The van der Waals surface area contributed by atoms with Crippen LogP contribution in [0, 0.1) is 11.3 Å². The predicted molar refractivity (Wildman–Crippen MR) is 80.3 cm³/mol. The van der Waals surface area contributed by atoms with Crippen molar-refractivity contribution in [1.82, 2.24) is 0 Å². The lowest BCUT2D eigenvalue weighted by Crippen LogP contribution is -2.15. The van der Waals surface area contributed by atoms with Crippen molar-refractivity contribution in [3.63, 3.8) is 0 Å². The standard InChI is InChI=1S/C14H18N2O3S/c1-3-18-11-5-6-13(19-4-2)12(9-11)16-14(17)10-20-8-7-15/h5-6,9H,3-4,8,10H2,1-2H3,(H,16,17). The molecule has 1 rings (SSSR count). The molecule has 1 aromatic carbocycles. The molecule has 0 aliphatic carbocycles. The van der Waals surface area contributed by atoms with Crippen LogP contribution in [0.4, 0.5) is 5.69 Å². The third-order valence-electron chi connectivity index (χ3n) is 2.24. The molecule has 0 aliphatic rings. The highest BCUT2D eigenvalue weighted by Crippen LogP contribution is 2.29. The van der Waals surface area contributed by atoms with Crippen molar-refractivity contribution in [1.29, 1.82) is 5.26 Å². The topological polar surface area (TPSA) is 71.3 Å². The fourth-order valence-corrected chi connectivity index (χ4v) is 1.97. The molecule has 0 bridgehead atoms. The first-order valence-electron chi connectivity index (χ1n) is 6.35. The molecule has 0 atom stereocenters. The third-order valence-corrected chi connectivity index (χ3v) is 3.04. The van der Waals surface area contributed by atoms with E-state index >= 15 is 0 Å². The molecule has 0 radical (unpaired) electrons. The van der Waals surface area contributed by atoms with Gasteiger partial charge in [0.2, 0.25) is 5.91 Å². The van der Waals surface area contributed by atoms with Gasteiger partial charge in [0.1, 0.15) is 11.5 Å². The van der Waals surface area contributed by atoms with Crippen molar-refractivity contribution in [2.45, 2.75) is 13.8 Å². The Morgan fingerprint density at radius 3 is 2.75 bits per heavy atom. The summed E-state index contributed by atoms with van der Waals surface area (Å²) in [6, 6.07) is 7.29. The van der Waals surface area contributed by atoms with Gasteiger partial charge in [-0.05, 0) is 26.0 Å². The van der Waals surface area contributed by atoms with Crippen molar-refractivity contribution in [3.8, 4) is 17.6 Å². The second-order valence-corrected chi connectivity index (χ2v) is 4.71. The summed E-state index contributed by atoms with van der Waals surface area (Å²) < 4.78 is 10.9. The van der Waals surface area contributed by atoms with E-state index in [1.54, 1.807) is 18.2 Å². The Morgan fingerprint density at radius 2 is 2.10 bits per heavy atom. The SMILES string of the molecule is CCOc1ccc(OCC)c(NC(=O)CSCC#N)c1. The molecule has 0 heterocycles. The molecule has 1 aromatic rings. The van der Waals surface area contributed by atoms with E-state index in [0.29, 0.717) is 36.2 Å². The van der Waals surface area contributed by atoms with E-state index in [-0.39, 0.29) is 11.7 Å². The van der Waals surface area contributed by atoms with Crippen LogP contribution in [0.1, 0.15) is 13.8 Å². The van der Waals surface area contributed by atoms with Gasteiger partial charge in [0, 0.05) is 6.07 Å². The van der Waals surface area contributed by atoms with Crippen molar-refractivity contribution in [2.24, 2.45) is 0 Å². The lowest BCUT2D eigenvalue weighted by molar-refractivity contribution is -0.113. The number of ether oxygens (including phenoxy) is 2. The van der Waals surface area contributed by atoms with Crippen molar-refractivity contribution < 1.29 is 14.3 Å². The number of amides is 1. The van der Waals surface area contributed by atoms with E-state index < -0.39 is 0 Å². The summed E-state index contributed by atoms with van der Waals surface area (Å²) in [4.78, 5) is 11.8. The molecule has 0 unspecified atom stereocenters. The number of thioether (sulfide) groups is 1. The van der Waals surface area contributed by atoms with Crippen LogP contribution in [0.25, 0.3) is 0 Å². The second kappa shape index (κ2) is 9.10. The Bertz CT molecular complexity index is 486. The summed E-state index contributed by atoms with van der Waals surface area (Å²) in [6.07, 6.45) is 0. The van der Waals surface area contributed by atoms with Crippen molar-refractivity contribution in [3.05, 3.63) is 18.2 Å². The lowest BCUT2D eigenvalue weighted by atomic mass is 10.2.